The lowest BCUT2D eigenvalue weighted by Crippen LogP contribution is -2.33. The van der Waals surface area contributed by atoms with E-state index in [0.717, 1.165) is 9.13 Å². The average Bonchev–Trinajstić information content (AvgIpc) is 2.58. The summed E-state index contributed by atoms with van der Waals surface area (Å²) in [5, 5.41) is 5.25. The number of hydrogen-bond donors (Lipinski definition) is 3. The summed E-state index contributed by atoms with van der Waals surface area (Å²) in [5.41, 5.74) is 6.88. The molecule has 0 unspecified atom stereocenters. The minimum absolute atomic E-state index is 0.150. The molecule has 3 amide bonds. The zero-order valence-corrected chi connectivity index (χ0v) is 14.9. The SMILES string of the molecule is NC(=O)CNC(=O)c1ccc(CNC(=O)c2ccccc2I)cc1. The third kappa shape index (κ3) is 5.05. The van der Waals surface area contributed by atoms with Gasteiger partial charge in [-0.25, -0.2) is 0 Å². The number of nitrogens with two attached hydrogens (primary N) is 1. The average molecular weight is 437 g/mol. The van der Waals surface area contributed by atoms with Gasteiger partial charge in [-0.1, -0.05) is 24.3 Å². The van der Waals surface area contributed by atoms with E-state index in [4.69, 9.17) is 5.73 Å². The van der Waals surface area contributed by atoms with Crippen LogP contribution in [0.2, 0.25) is 0 Å². The molecular weight excluding hydrogens is 421 g/mol. The van der Waals surface area contributed by atoms with Crippen molar-refractivity contribution in [3.8, 4) is 0 Å². The lowest BCUT2D eigenvalue weighted by atomic mass is 10.1. The van der Waals surface area contributed by atoms with Gasteiger partial charge in [0.15, 0.2) is 0 Å². The van der Waals surface area contributed by atoms with Gasteiger partial charge in [0.25, 0.3) is 11.8 Å². The molecule has 6 nitrogen and oxygen atoms in total. The van der Waals surface area contributed by atoms with Crippen LogP contribution in [0, 0.1) is 3.57 Å². The number of carbonyl (C=O) groups is 3. The van der Waals surface area contributed by atoms with E-state index in [1.807, 2.05) is 18.2 Å². The second-order valence-corrected chi connectivity index (χ2v) is 6.17. The van der Waals surface area contributed by atoms with E-state index in [-0.39, 0.29) is 18.4 Å². The van der Waals surface area contributed by atoms with Gasteiger partial charge >= 0.3 is 0 Å². The van der Waals surface area contributed by atoms with Gasteiger partial charge in [-0.2, -0.15) is 0 Å². The van der Waals surface area contributed by atoms with Crippen LogP contribution in [0.25, 0.3) is 0 Å². The monoisotopic (exact) mass is 437 g/mol. The Labute approximate surface area is 152 Å². The van der Waals surface area contributed by atoms with Gasteiger partial charge in [0.05, 0.1) is 12.1 Å². The van der Waals surface area contributed by atoms with Gasteiger partial charge < -0.3 is 16.4 Å². The van der Waals surface area contributed by atoms with Crippen LogP contribution in [-0.4, -0.2) is 24.3 Å². The largest absolute Gasteiger partial charge is 0.368 e. The van der Waals surface area contributed by atoms with E-state index in [1.54, 1.807) is 30.3 Å². The Kier molecular flexibility index (Phi) is 6.30. The van der Waals surface area contributed by atoms with Crippen LogP contribution in [0.5, 0.6) is 0 Å². The highest BCUT2D eigenvalue weighted by atomic mass is 127. The summed E-state index contributed by atoms with van der Waals surface area (Å²) in [7, 11) is 0. The van der Waals surface area contributed by atoms with Crippen molar-refractivity contribution in [1.29, 1.82) is 0 Å². The van der Waals surface area contributed by atoms with Gasteiger partial charge in [-0.15, -0.1) is 0 Å². The molecule has 0 atom stereocenters. The Morgan fingerprint density at radius 1 is 0.917 bits per heavy atom. The van der Waals surface area contributed by atoms with Gasteiger partial charge in [0.2, 0.25) is 5.91 Å². The highest BCUT2D eigenvalue weighted by Gasteiger charge is 2.09. The molecule has 0 saturated heterocycles. The van der Waals surface area contributed by atoms with Crippen LogP contribution in [-0.2, 0) is 11.3 Å². The summed E-state index contributed by atoms with van der Waals surface area (Å²) in [4.78, 5) is 34.5. The van der Waals surface area contributed by atoms with Crippen LogP contribution in [0.4, 0.5) is 0 Å². The zero-order valence-electron chi connectivity index (χ0n) is 12.7. The van der Waals surface area contributed by atoms with Crippen molar-refractivity contribution in [3.63, 3.8) is 0 Å². The Balaban J connectivity index is 1.92. The molecule has 0 radical (unpaired) electrons. The van der Waals surface area contributed by atoms with Crippen LogP contribution in [0.15, 0.2) is 48.5 Å². The van der Waals surface area contributed by atoms with Crippen molar-refractivity contribution in [3.05, 3.63) is 68.8 Å². The maximum absolute atomic E-state index is 12.1. The topological polar surface area (TPSA) is 101 Å². The number of amides is 3. The van der Waals surface area contributed by atoms with E-state index in [9.17, 15) is 14.4 Å². The third-order valence-corrected chi connectivity index (χ3v) is 4.15. The molecule has 0 bridgehead atoms. The van der Waals surface area contributed by atoms with Gasteiger partial charge in [-0.3, -0.25) is 14.4 Å². The van der Waals surface area contributed by atoms with Gasteiger partial charge in [0, 0.05) is 15.7 Å². The summed E-state index contributed by atoms with van der Waals surface area (Å²) >= 11 is 2.12. The van der Waals surface area contributed by atoms with Crippen LogP contribution < -0.4 is 16.4 Å². The zero-order chi connectivity index (χ0) is 17.5. The minimum Gasteiger partial charge on any atom is -0.368 e. The molecule has 0 fully saturated rings. The Morgan fingerprint density at radius 3 is 2.21 bits per heavy atom. The maximum Gasteiger partial charge on any atom is 0.252 e. The second kappa shape index (κ2) is 8.44. The van der Waals surface area contributed by atoms with Gasteiger partial charge in [0.1, 0.15) is 0 Å². The number of halogens is 1. The first kappa shape index (κ1) is 17.9. The summed E-state index contributed by atoms with van der Waals surface area (Å²) in [6, 6.07) is 14.1. The van der Waals surface area contributed by atoms with Crippen LogP contribution in [0.1, 0.15) is 26.3 Å². The first-order chi connectivity index (χ1) is 11.5. The molecule has 2 rings (SSSR count). The molecule has 2 aromatic carbocycles. The predicted molar refractivity (Wildman–Crippen MR) is 98.3 cm³/mol. The fourth-order valence-corrected chi connectivity index (χ4v) is 2.60. The standard InChI is InChI=1S/C17H16IN3O3/c18-14-4-2-1-3-13(14)17(24)20-9-11-5-7-12(8-6-11)16(23)21-10-15(19)22/h1-8H,9-10H2,(H2,19,22)(H,20,24)(H,21,23). The van der Waals surface area contributed by atoms with E-state index in [2.05, 4.69) is 33.2 Å². The number of primary amides is 1. The van der Waals surface area contributed by atoms with E-state index in [0.29, 0.717) is 17.7 Å². The van der Waals surface area contributed by atoms with Crippen molar-refractivity contribution in [2.75, 3.05) is 6.54 Å². The molecular formula is C17H16IN3O3. The maximum atomic E-state index is 12.1. The lowest BCUT2D eigenvalue weighted by Gasteiger charge is -2.08. The fraction of sp³-hybridized carbons (Fsp3) is 0.118. The molecule has 0 aliphatic carbocycles. The molecule has 4 N–H and O–H groups in total. The quantitative estimate of drug-likeness (QED) is 0.597. The summed E-state index contributed by atoms with van der Waals surface area (Å²) in [6.45, 7) is 0.152. The number of benzene rings is 2. The van der Waals surface area contributed by atoms with Crippen LogP contribution in [0.3, 0.4) is 0 Å². The number of rotatable bonds is 6. The number of hydrogen-bond acceptors (Lipinski definition) is 3. The second-order valence-electron chi connectivity index (χ2n) is 5.01. The number of nitrogens with one attached hydrogen (secondary N) is 2. The first-order valence-corrected chi connectivity index (χ1v) is 8.23. The fourth-order valence-electron chi connectivity index (χ4n) is 1.97. The van der Waals surface area contributed by atoms with Crippen molar-refractivity contribution in [2.24, 2.45) is 5.73 Å². The predicted octanol–water partition coefficient (Wildman–Crippen LogP) is 1.44. The molecule has 7 heteroatoms. The van der Waals surface area contributed by atoms with E-state index in [1.165, 1.54) is 0 Å². The lowest BCUT2D eigenvalue weighted by molar-refractivity contribution is -0.117. The highest BCUT2D eigenvalue weighted by Crippen LogP contribution is 2.11. The molecule has 124 valence electrons. The molecule has 0 aromatic heterocycles. The van der Waals surface area contributed by atoms with Crippen molar-refractivity contribution in [1.82, 2.24) is 10.6 Å². The minimum atomic E-state index is -0.599. The van der Waals surface area contributed by atoms with E-state index < -0.39 is 5.91 Å². The van der Waals surface area contributed by atoms with Crippen molar-refractivity contribution >= 4 is 40.3 Å². The Morgan fingerprint density at radius 2 is 1.58 bits per heavy atom. The van der Waals surface area contributed by atoms with Crippen molar-refractivity contribution < 1.29 is 14.4 Å². The molecule has 2 aromatic rings. The van der Waals surface area contributed by atoms with E-state index >= 15 is 0 Å². The Hall–Kier alpha value is -2.42. The first-order valence-electron chi connectivity index (χ1n) is 7.15. The number of carbonyl (C=O) groups excluding carboxylic acids is 3. The summed E-state index contributed by atoms with van der Waals surface area (Å²) in [6.07, 6.45) is 0. The third-order valence-electron chi connectivity index (χ3n) is 3.21. The Bertz CT molecular complexity index is 760. The molecule has 0 spiro atoms. The highest BCUT2D eigenvalue weighted by molar-refractivity contribution is 14.1. The smallest absolute Gasteiger partial charge is 0.252 e. The molecule has 0 aliphatic rings. The van der Waals surface area contributed by atoms with Crippen LogP contribution >= 0.6 is 22.6 Å². The molecule has 24 heavy (non-hydrogen) atoms. The van der Waals surface area contributed by atoms with Gasteiger partial charge in [-0.05, 0) is 52.4 Å². The molecule has 0 heterocycles. The van der Waals surface area contributed by atoms with Crippen molar-refractivity contribution in [2.45, 2.75) is 6.54 Å². The summed E-state index contributed by atoms with van der Waals surface area (Å²) < 4.78 is 0.883. The molecule has 0 aliphatic heterocycles. The normalized spacial score (nSPS) is 10.0. The summed E-state index contributed by atoms with van der Waals surface area (Å²) in [5.74, 6) is -1.12. The molecule has 0 saturated carbocycles.